The van der Waals surface area contributed by atoms with Crippen molar-refractivity contribution >= 4 is 28.4 Å². The first-order valence-electron chi connectivity index (χ1n) is 6.53. The normalized spacial score (nSPS) is 10.6. The Bertz CT molecular complexity index is 920. The van der Waals surface area contributed by atoms with Crippen LogP contribution in [0.3, 0.4) is 0 Å². The molecule has 3 aromatic rings. The molecule has 0 unspecified atom stereocenters. The molecule has 6 heteroatoms. The van der Waals surface area contributed by atoms with E-state index in [0.717, 1.165) is 5.56 Å². The van der Waals surface area contributed by atoms with Gasteiger partial charge in [-0.05, 0) is 23.8 Å². The Labute approximate surface area is 130 Å². The van der Waals surface area contributed by atoms with E-state index in [1.807, 2.05) is 35.8 Å². The lowest BCUT2D eigenvalue weighted by molar-refractivity contribution is 0.0953. The van der Waals surface area contributed by atoms with Gasteiger partial charge in [0.25, 0.3) is 11.5 Å². The average Bonchev–Trinajstić information content (AvgIpc) is 2.54. The van der Waals surface area contributed by atoms with Crippen LogP contribution >= 0.6 is 11.6 Å². The first-order valence-corrected chi connectivity index (χ1v) is 6.91. The van der Waals surface area contributed by atoms with Crippen molar-refractivity contribution in [1.82, 2.24) is 10.4 Å². The van der Waals surface area contributed by atoms with Crippen molar-refractivity contribution in [3.63, 3.8) is 0 Å². The molecule has 0 spiro atoms. The van der Waals surface area contributed by atoms with E-state index in [9.17, 15) is 9.59 Å². The molecule has 3 rings (SSSR count). The van der Waals surface area contributed by atoms with Gasteiger partial charge in [-0.15, -0.1) is 0 Å². The van der Waals surface area contributed by atoms with E-state index in [1.54, 1.807) is 18.2 Å². The van der Waals surface area contributed by atoms with Gasteiger partial charge in [0.05, 0.1) is 0 Å². The number of pyridine rings is 1. The number of nitrogens with one attached hydrogen (secondary N) is 2. The van der Waals surface area contributed by atoms with Gasteiger partial charge in [-0.25, -0.2) is 5.84 Å². The fourth-order valence-corrected chi connectivity index (χ4v) is 2.63. The lowest BCUT2D eigenvalue weighted by Crippen LogP contribution is -2.35. The van der Waals surface area contributed by atoms with E-state index >= 15 is 0 Å². The van der Waals surface area contributed by atoms with Gasteiger partial charge in [0.1, 0.15) is 5.56 Å². The molecule has 0 bridgehead atoms. The summed E-state index contributed by atoms with van der Waals surface area (Å²) in [5, 5.41) is 1.19. The van der Waals surface area contributed by atoms with E-state index in [0.29, 0.717) is 21.5 Å². The lowest BCUT2D eigenvalue weighted by atomic mass is 9.96. The van der Waals surface area contributed by atoms with E-state index in [-0.39, 0.29) is 5.56 Å². The van der Waals surface area contributed by atoms with Crippen LogP contribution in [-0.4, -0.2) is 10.9 Å². The van der Waals surface area contributed by atoms with Gasteiger partial charge >= 0.3 is 0 Å². The molecular formula is C16H12ClN3O2. The van der Waals surface area contributed by atoms with Crippen LogP contribution in [0.25, 0.3) is 22.0 Å². The molecule has 0 aliphatic carbocycles. The Morgan fingerprint density at radius 2 is 1.86 bits per heavy atom. The highest BCUT2D eigenvalue weighted by atomic mass is 35.5. The number of rotatable bonds is 2. The zero-order valence-electron chi connectivity index (χ0n) is 11.4. The fourth-order valence-electron chi connectivity index (χ4n) is 2.46. The number of nitrogens with two attached hydrogens (primary N) is 1. The van der Waals surface area contributed by atoms with Gasteiger partial charge in [-0.2, -0.15) is 0 Å². The summed E-state index contributed by atoms with van der Waals surface area (Å²) in [6.45, 7) is 0. The highest BCUT2D eigenvalue weighted by Crippen LogP contribution is 2.31. The average molecular weight is 314 g/mol. The standard InChI is InChI=1S/C16H12ClN3O2/c17-10-6-7-12-11(8-10)13(9-4-2-1-3-5-9)14(15(21)19-12)16(22)20-18/h1-8H,18H2,(H,19,21)(H,20,22). The number of carbonyl (C=O) groups excluding carboxylic acids is 1. The number of aromatic nitrogens is 1. The van der Waals surface area contributed by atoms with Crippen LogP contribution < -0.4 is 16.8 Å². The molecule has 1 heterocycles. The molecule has 1 amide bonds. The fraction of sp³-hybridized carbons (Fsp3) is 0. The highest BCUT2D eigenvalue weighted by molar-refractivity contribution is 6.31. The number of fused-ring (bicyclic) bond motifs is 1. The minimum atomic E-state index is -0.651. The third-order valence-electron chi connectivity index (χ3n) is 3.40. The second kappa shape index (κ2) is 5.63. The van der Waals surface area contributed by atoms with Crippen LogP contribution in [0, 0.1) is 0 Å². The predicted molar refractivity (Wildman–Crippen MR) is 86.7 cm³/mol. The van der Waals surface area contributed by atoms with E-state index in [1.165, 1.54) is 0 Å². The number of benzene rings is 2. The van der Waals surface area contributed by atoms with E-state index in [4.69, 9.17) is 17.4 Å². The third-order valence-corrected chi connectivity index (χ3v) is 3.63. The van der Waals surface area contributed by atoms with Crippen LogP contribution in [0.4, 0.5) is 0 Å². The predicted octanol–water partition coefficient (Wildman–Crippen LogP) is 2.45. The summed E-state index contributed by atoms with van der Waals surface area (Å²) < 4.78 is 0. The maximum absolute atomic E-state index is 12.3. The molecule has 22 heavy (non-hydrogen) atoms. The zero-order valence-corrected chi connectivity index (χ0v) is 12.1. The molecule has 0 atom stereocenters. The Kier molecular flexibility index (Phi) is 3.66. The smallest absolute Gasteiger partial charge is 0.271 e. The topological polar surface area (TPSA) is 88.0 Å². The lowest BCUT2D eigenvalue weighted by Gasteiger charge is -2.12. The van der Waals surface area contributed by atoms with Crippen molar-refractivity contribution < 1.29 is 4.79 Å². The van der Waals surface area contributed by atoms with Crippen molar-refractivity contribution in [2.45, 2.75) is 0 Å². The van der Waals surface area contributed by atoms with Gasteiger partial charge in [0.2, 0.25) is 0 Å². The number of amides is 1. The molecule has 0 aliphatic heterocycles. The molecular weight excluding hydrogens is 302 g/mol. The number of nitrogen functional groups attached to an aromatic ring is 1. The number of aromatic amines is 1. The molecule has 0 radical (unpaired) electrons. The first kappa shape index (κ1) is 14.3. The van der Waals surface area contributed by atoms with Crippen LogP contribution in [0.15, 0.2) is 53.3 Å². The number of hydrazine groups is 1. The summed E-state index contributed by atoms with van der Waals surface area (Å²) >= 11 is 6.07. The molecule has 0 fully saturated rings. The van der Waals surface area contributed by atoms with Crippen molar-refractivity contribution in [3.05, 3.63) is 69.5 Å². The number of H-pyrrole nitrogens is 1. The maximum Gasteiger partial charge on any atom is 0.271 e. The summed E-state index contributed by atoms with van der Waals surface area (Å²) in [6.07, 6.45) is 0. The van der Waals surface area contributed by atoms with Crippen LogP contribution in [-0.2, 0) is 0 Å². The van der Waals surface area contributed by atoms with Gasteiger partial charge in [0, 0.05) is 21.5 Å². The molecule has 0 saturated heterocycles. The molecule has 0 aliphatic rings. The van der Waals surface area contributed by atoms with Gasteiger partial charge in [-0.1, -0.05) is 41.9 Å². The highest BCUT2D eigenvalue weighted by Gasteiger charge is 2.20. The summed E-state index contributed by atoms with van der Waals surface area (Å²) in [5.41, 5.74) is 3.32. The molecule has 110 valence electrons. The van der Waals surface area contributed by atoms with Crippen molar-refractivity contribution in [1.29, 1.82) is 0 Å². The Morgan fingerprint density at radius 1 is 1.14 bits per heavy atom. The van der Waals surface area contributed by atoms with E-state index < -0.39 is 11.5 Å². The van der Waals surface area contributed by atoms with Gasteiger partial charge in [-0.3, -0.25) is 15.0 Å². The molecule has 0 saturated carbocycles. The second-order valence-corrected chi connectivity index (χ2v) is 5.17. The van der Waals surface area contributed by atoms with Crippen LogP contribution in [0.5, 0.6) is 0 Å². The molecule has 1 aromatic heterocycles. The zero-order chi connectivity index (χ0) is 15.7. The minimum Gasteiger partial charge on any atom is -0.321 e. The van der Waals surface area contributed by atoms with E-state index in [2.05, 4.69) is 4.98 Å². The summed E-state index contributed by atoms with van der Waals surface area (Å²) in [7, 11) is 0. The summed E-state index contributed by atoms with van der Waals surface area (Å²) in [5.74, 6) is 4.56. The van der Waals surface area contributed by atoms with Crippen LogP contribution in [0.1, 0.15) is 10.4 Å². The second-order valence-electron chi connectivity index (χ2n) is 4.73. The molecule has 4 N–H and O–H groups in total. The monoisotopic (exact) mass is 313 g/mol. The molecule has 2 aromatic carbocycles. The largest absolute Gasteiger partial charge is 0.321 e. The van der Waals surface area contributed by atoms with Gasteiger partial charge in [0.15, 0.2) is 0 Å². The number of hydrogen-bond donors (Lipinski definition) is 3. The first-order chi connectivity index (χ1) is 10.6. The number of halogens is 1. The Morgan fingerprint density at radius 3 is 2.55 bits per heavy atom. The quantitative estimate of drug-likeness (QED) is 0.386. The summed E-state index contributed by atoms with van der Waals surface area (Å²) in [6, 6.07) is 14.3. The summed E-state index contributed by atoms with van der Waals surface area (Å²) in [4.78, 5) is 27.1. The van der Waals surface area contributed by atoms with Crippen molar-refractivity contribution in [2.75, 3.05) is 0 Å². The van der Waals surface area contributed by atoms with Crippen molar-refractivity contribution in [3.8, 4) is 11.1 Å². The van der Waals surface area contributed by atoms with Gasteiger partial charge < -0.3 is 4.98 Å². The Balaban J connectivity index is 2.50. The maximum atomic E-state index is 12.3. The molecule has 5 nitrogen and oxygen atoms in total. The third kappa shape index (κ3) is 2.36. The Hall–Kier alpha value is -2.63. The SMILES string of the molecule is NNC(=O)c1c(-c2ccccc2)c2cc(Cl)ccc2[nH]c1=O. The van der Waals surface area contributed by atoms with Crippen LogP contribution in [0.2, 0.25) is 5.02 Å². The number of hydrogen-bond acceptors (Lipinski definition) is 3. The number of carbonyl (C=O) groups is 1. The minimum absolute atomic E-state index is 0.0385. The van der Waals surface area contributed by atoms with Crippen molar-refractivity contribution in [2.24, 2.45) is 5.84 Å².